The van der Waals surface area contributed by atoms with E-state index in [1.807, 2.05) is 24.3 Å². The molecule has 0 unspecified atom stereocenters. The SMILES string of the molecule is CC1=C(C)C(C)=C(C2=C(C)C(C)=C(C)C2)C1.[C-]1=CC=CC1.[C-]1=CC=CC1.[CH3-].[Cl-].[Cl-].[Cl][Zr][Cl].[Zr+4]. The van der Waals surface area contributed by atoms with Gasteiger partial charge >= 0.3 is 64.1 Å². The Bertz CT molecular complexity index is 735. The fourth-order valence-electron chi connectivity index (χ4n) is 3.50. The van der Waals surface area contributed by atoms with Crippen molar-refractivity contribution in [3.05, 3.63) is 101 Å². The number of hydrogen-bond donors (Lipinski definition) is 0. The van der Waals surface area contributed by atoms with Gasteiger partial charge in [-0.15, -0.1) is 12.8 Å². The second-order valence-corrected chi connectivity index (χ2v) is 11.2. The van der Waals surface area contributed by atoms with Gasteiger partial charge in [0.25, 0.3) is 0 Å². The summed E-state index contributed by atoms with van der Waals surface area (Å²) in [7, 11) is 9.87. The quantitative estimate of drug-likeness (QED) is 0.372. The van der Waals surface area contributed by atoms with Gasteiger partial charge < -0.3 is 32.2 Å². The molecule has 0 aromatic carbocycles. The van der Waals surface area contributed by atoms with Crippen LogP contribution in [0, 0.1) is 19.6 Å². The van der Waals surface area contributed by atoms with E-state index in [1.54, 1.807) is 22.3 Å². The van der Waals surface area contributed by atoms with Crippen LogP contribution < -0.4 is 24.8 Å². The van der Waals surface area contributed by atoms with E-state index in [1.165, 1.54) is 35.1 Å². The van der Waals surface area contributed by atoms with Crippen LogP contribution in [0.25, 0.3) is 0 Å². The fraction of sp³-hybridized carbons (Fsp3) is 0.370. The summed E-state index contributed by atoms with van der Waals surface area (Å²) in [6, 6.07) is 0. The Labute approximate surface area is 254 Å². The summed E-state index contributed by atoms with van der Waals surface area (Å²) in [6.07, 6.45) is 22.3. The molecule has 0 saturated carbocycles. The van der Waals surface area contributed by atoms with Crippen molar-refractivity contribution < 1.29 is 71.9 Å². The first-order valence-corrected chi connectivity index (χ1v) is 16.3. The van der Waals surface area contributed by atoms with Gasteiger partial charge in [0.2, 0.25) is 0 Å². The van der Waals surface area contributed by atoms with Gasteiger partial charge in [-0.2, -0.15) is 12.2 Å². The maximum Gasteiger partial charge on any atom is 4.00 e. The maximum absolute atomic E-state index is 4.93. The van der Waals surface area contributed by atoms with Gasteiger partial charge in [-0.25, -0.2) is 24.3 Å². The number of rotatable bonds is 1. The standard InChI is InChI=1S/C16H22.2C5H5.CH3.4ClH.2Zr/c1-9-7-15(13(5)11(9)3)16-8-10(2)12(4)14(16)6;2*1-2-4-5-3-1;;;;;;;/h7-8H2,1-6H3;2*1-3H,4H2;1H3;4*1H;;/q;3*-1;;;;;+2;+4/p-4. The predicted molar refractivity (Wildman–Crippen MR) is 133 cm³/mol. The molecule has 180 valence electrons. The van der Waals surface area contributed by atoms with Gasteiger partial charge in [0, 0.05) is 0 Å². The van der Waals surface area contributed by atoms with E-state index >= 15 is 0 Å². The number of allylic oxidation sites excluding steroid dienone is 16. The Morgan fingerprint density at radius 3 is 1.09 bits per heavy atom. The van der Waals surface area contributed by atoms with Crippen molar-refractivity contribution >= 4 is 17.0 Å². The number of hydrogen-bond acceptors (Lipinski definition) is 0. The molecule has 0 radical (unpaired) electrons. The van der Waals surface area contributed by atoms with Crippen LogP contribution in [0.5, 0.6) is 0 Å². The first-order chi connectivity index (χ1) is 13.8. The summed E-state index contributed by atoms with van der Waals surface area (Å²) in [5.41, 5.74) is 12.4. The average molecular weight is 684 g/mol. The van der Waals surface area contributed by atoms with Crippen LogP contribution in [-0.4, -0.2) is 0 Å². The van der Waals surface area contributed by atoms with E-state index in [-0.39, 0.29) is 58.4 Å². The normalized spacial score (nSPS) is 16.5. The van der Waals surface area contributed by atoms with E-state index < -0.39 is 20.8 Å². The molecule has 4 rings (SSSR count). The third kappa shape index (κ3) is 14.2. The van der Waals surface area contributed by atoms with Crippen LogP contribution in [-0.2, 0) is 47.1 Å². The third-order valence-corrected chi connectivity index (χ3v) is 5.73. The topological polar surface area (TPSA) is 0 Å². The Morgan fingerprint density at radius 2 is 0.970 bits per heavy atom. The van der Waals surface area contributed by atoms with Crippen molar-refractivity contribution in [2.75, 3.05) is 0 Å². The van der Waals surface area contributed by atoms with Crippen LogP contribution in [0.15, 0.2) is 81.0 Å². The molecule has 0 aromatic heterocycles. The molecule has 0 nitrogen and oxygen atoms in total. The first-order valence-electron chi connectivity index (χ1n) is 9.98. The summed E-state index contributed by atoms with van der Waals surface area (Å²) in [5, 5.41) is 0. The van der Waals surface area contributed by atoms with E-state index in [9.17, 15) is 0 Å². The summed E-state index contributed by atoms with van der Waals surface area (Å²) in [5.74, 6) is 0. The molecule has 0 fully saturated rings. The minimum atomic E-state index is -0.826. The van der Waals surface area contributed by atoms with Crippen molar-refractivity contribution in [2.45, 2.75) is 67.2 Å². The van der Waals surface area contributed by atoms with Gasteiger partial charge in [-0.05, 0) is 87.8 Å². The smallest absolute Gasteiger partial charge is 4.00 e. The predicted octanol–water partition coefficient (Wildman–Crippen LogP) is 3.54. The molecule has 0 saturated heterocycles. The molecule has 0 N–H and O–H groups in total. The molecular formula is C27H35Cl4Zr2-. The van der Waals surface area contributed by atoms with Crippen LogP contribution in [0.2, 0.25) is 0 Å². The van der Waals surface area contributed by atoms with Gasteiger partial charge in [0.15, 0.2) is 0 Å². The molecule has 0 heterocycles. The average Bonchev–Trinajstić information content (AvgIpc) is 3.50. The molecule has 0 aromatic rings. The zero-order valence-electron chi connectivity index (χ0n) is 20.8. The summed E-state index contributed by atoms with van der Waals surface area (Å²) in [6.45, 7) is 13.6. The van der Waals surface area contributed by atoms with Gasteiger partial charge in [0.1, 0.15) is 0 Å². The zero-order chi connectivity index (χ0) is 21.8. The summed E-state index contributed by atoms with van der Waals surface area (Å²) < 4.78 is 0. The van der Waals surface area contributed by atoms with E-state index in [4.69, 9.17) is 17.0 Å². The molecule has 0 atom stereocenters. The Morgan fingerprint density at radius 1 is 0.667 bits per heavy atom. The summed E-state index contributed by atoms with van der Waals surface area (Å²) >= 11 is -0.826. The monoisotopic (exact) mass is 679 g/mol. The van der Waals surface area contributed by atoms with E-state index in [0.717, 1.165) is 12.8 Å². The fourth-order valence-corrected chi connectivity index (χ4v) is 3.50. The Balaban J connectivity index is -0.000000206. The van der Waals surface area contributed by atoms with Crippen molar-refractivity contribution in [1.82, 2.24) is 0 Å². The van der Waals surface area contributed by atoms with Gasteiger partial charge in [-0.1, -0.05) is 11.1 Å². The Kier molecular flexibility index (Phi) is 28.9. The minimum Gasteiger partial charge on any atom is 4.00 e. The van der Waals surface area contributed by atoms with E-state index in [2.05, 4.69) is 65.8 Å². The molecule has 33 heavy (non-hydrogen) atoms. The number of halogens is 4. The van der Waals surface area contributed by atoms with Crippen LogP contribution in [0.3, 0.4) is 0 Å². The minimum absolute atomic E-state index is 0. The van der Waals surface area contributed by atoms with Crippen molar-refractivity contribution in [3.63, 3.8) is 0 Å². The molecule has 0 bridgehead atoms. The van der Waals surface area contributed by atoms with Crippen LogP contribution in [0.1, 0.15) is 67.2 Å². The van der Waals surface area contributed by atoms with Gasteiger partial charge in [-0.3, -0.25) is 12.2 Å². The van der Waals surface area contributed by atoms with Gasteiger partial charge in [0.05, 0.1) is 0 Å². The second kappa shape index (κ2) is 23.3. The van der Waals surface area contributed by atoms with Crippen LogP contribution in [0.4, 0.5) is 0 Å². The molecule has 4 aliphatic rings. The molecule has 0 aliphatic heterocycles. The molecule has 0 spiro atoms. The maximum atomic E-state index is 4.93. The largest absolute Gasteiger partial charge is 4.00 e. The third-order valence-electron chi connectivity index (χ3n) is 5.73. The zero-order valence-corrected chi connectivity index (χ0v) is 28.7. The Hall–Kier alpha value is 0.846. The van der Waals surface area contributed by atoms with Crippen molar-refractivity contribution in [2.24, 2.45) is 0 Å². The van der Waals surface area contributed by atoms with Crippen molar-refractivity contribution in [1.29, 1.82) is 0 Å². The molecule has 4 aliphatic carbocycles. The van der Waals surface area contributed by atoms with Crippen molar-refractivity contribution in [3.8, 4) is 0 Å². The van der Waals surface area contributed by atoms with E-state index in [0.29, 0.717) is 0 Å². The second-order valence-electron chi connectivity index (χ2n) is 7.45. The van der Waals surface area contributed by atoms with Crippen LogP contribution >= 0.6 is 17.0 Å². The summed E-state index contributed by atoms with van der Waals surface area (Å²) in [4.78, 5) is 0. The molecule has 6 heteroatoms. The first kappa shape index (κ1) is 41.0. The molecular weight excluding hydrogens is 649 g/mol. The molecule has 0 amide bonds.